The Balaban J connectivity index is 2.01. The van der Waals surface area contributed by atoms with Crippen molar-refractivity contribution in [1.82, 2.24) is 4.90 Å². The Labute approximate surface area is 125 Å². The first-order chi connectivity index (χ1) is 10.1. The van der Waals surface area contributed by atoms with E-state index in [1.807, 2.05) is 12.1 Å². The van der Waals surface area contributed by atoms with Gasteiger partial charge in [0.05, 0.1) is 12.4 Å². The minimum absolute atomic E-state index is 0.168. The number of para-hydroxylation sites is 1. The number of nitrogens with one attached hydrogen (secondary N) is 1. The lowest BCUT2D eigenvalue weighted by Gasteiger charge is -2.31. The van der Waals surface area contributed by atoms with E-state index < -0.39 is 10.8 Å². The molecule has 1 unspecified atom stereocenters. The highest BCUT2D eigenvalue weighted by atomic mass is 32.2. The summed E-state index contributed by atoms with van der Waals surface area (Å²) in [6.45, 7) is 1.72. The van der Waals surface area contributed by atoms with Crippen molar-refractivity contribution >= 4 is 35.2 Å². The molecule has 3 rings (SSSR count). The molecule has 0 saturated carbocycles. The van der Waals surface area contributed by atoms with E-state index >= 15 is 0 Å². The van der Waals surface area contributed by atoms with Crippen LogP contribution in [0.15, 0.2) is 24.3 Å². The van der Waals surface area contributed by atoms with Crippen molar-refractivity contribution < 1.29 is 19.1 Å². The second-order valence-corrected chi connectivity index (χ2v) is 5.89. The molecule has 1 fully saturated rings. The Morgan fingerprint density at radius 3 is 2.95 bits per heavy atom. The van der Waals surface area contributed by atoms with Crippen molar-refractivity contribution in [3.8, 4) is 0 Å². The number of nitrogens with zero attached hydrogens (tertiary/aromatic N) is 1. The van der Waals surface area contributed by atoms with E-state index in [1.54, 1.807) is 19.1 Å². The second-order valence-electron chi connectivity index (χ2n) is 4.72. The van der Waals surface area contributed by atoms with E-state index in [4.69, 9.17) is 4.74 Å². The summed E-state index contributed by atoms with van der Waals surface area (Å²) in [6.07, 6.45) is 0. The van der Waals surface area contributed by atoms with Crippen LogP contribution in [0.2, 0.25) is 0 Å². The van der Waals surface area contributed by atoms with Crippen LogP contribution in [0, 0.1) is 0 Å². The number of hydrogen-bond donors (Lipinski definition) is 1. The molecule has 2 heterocycles. The Morgan fingerprint density at radius 2 is 2.19 bits per heavy atom. The van der Waals surface area contributed by atoms with E-state index in [0.29, 0.717) is 5.69 Å². The lowest BCUT2D eigenvalue weighted by atomic mass is 10.1. The largest absolute Gasteiger partial charge is 0.465 e. The molecule has 1 aromatic carbocycles. The van der Waals surface area contributed by atoms with Crippen molar-refractivity contribution in [2.24, 2.45) is 0 Å². The molecular weight excluding hydrogens is 292 g/mol. The predicted octanol–water partition coefficient (Wildman–Crippen LogP) is 0.930. The van der Waals surface area contributed by atoms with Crippen LogP contribution in [-0.2, 0) is 24.0 Å². The summed E-state index contributed by atoms with van der Waals surface area (Å²) in [5.41, 5.74) is 1.40. The maximum atomic E-state index is 12.5. The van der Waals surface area contributed by atoms with Crippen molar-refractivity contribution in [2.75, 3.05) is 24.2 Å². The second kappa shape index (κ2) is 5.07. The molecule has 2 aliphatic rings. The number of carbonyl (C=O) groups excluding carboxylic acids is 3. The molecule has 0 aromatic heterocycles. The van der Waals surface area contributed by atoms with Crippen molar-refractivity contribution in [3.05, 3.63) is 29.8 Å². The number of carbonyl (C=O) groups is 3. The summed E-state index contributed by atoms with van der Waals surface area (Å²) in [7, 11) is 0. The van der Waals surface area contributed by atoms with E-state index in [1.165, 1.54) is 16.7 Å². The normalized spacial score (nSPS) is 23.4. The number of ether oxygens (including phenoxy) is 1. The maximum Gasteiger partial charge on any atom is 0.325 e. The van der Waals surface area contributed by atoms with E-state index in [0.717, 1.165) is 5.56 Å². The fourth-order valence-corrected chi connectivity index (χ4v) is 3.99. The fraction of sp³-hybridized carbons (Fsp3) is 0.357. The average molecular weight is 306 g/mol. The van der Waals surface area contributed by atoms with Gasteiger partial charge in [-0.15, -0.1) is 11.8 Å². The highest BCUT2D eigenvalue weighted by Gasteiger charge is 2.58. The van der Waals surface area contributed by atoms with Crippen LogP contribution >= 0.6 is 11.8 Å². The summed E-state index contributed by atoms with van der Waals surface area (Å²) in [5.74, 6) is -0.866. The number of rotatable bonds is 3. The standard InChI is InChI=1S/C14H14N2O4S/c1-2-20-12(18)7-16-11(17)8-21-14(16)9-5-3-4-6-10(9)15-13(14)19/h3-6H,2,7-8H2,1H3,(H,15,19). The SMILES string of the molecule is CCOC(=O)CN1C(=O)CSC12C(=O)Nc1ccccc12. The number of fused-ring (bicyclic) bond motifs is 2. The summed E-state index contributed by atoms with van der Waals surface area (Å²) in [5, 5.41) is 2.78. The van der Waals surface area contributed by atoms with Gasteiger partial charge in [0, 0.05) is 11.3 Å². The Bertz CT molecular complexity index is 633. The minimum atomic E-state index is -1.15. The fourth-order valence-electron chi connectivity index (χ4n) is 2.66. The van der Waals surface area contributed by atoms with Gasteiger partial charge in [-0.3, -0.25) is 14.4 Å². The molecule has 1 atom stereocenters. The smallest absolute Gasteiger partial charge is 0.325 e. The summed E-state index contributed by atoms with van der Waals surface area (Å²) < 4.78 is 4.90. The van der Waals surface area contributed by atoms with Crippen LogP contribution in [0.5, 0.6) is 0 Å². The van der Waals surface area contributed by atoms with Crippen LogP contribution in [0.25, 0.3) is 0 Å². The number of hydrogen-bond acceptors (Lipinski definition) is 5. The Hall–Kier alpha value is -2.02. The molecule has 0 radical (unpaired) electrons. The van der Waals surface area contributed by atoms with Crippen LogP contribution in [-0.4, -0.2) is 41.6 Å². The highest BCUT2D eigenvalue weighted by Crippen LogP contribution is 2.51. The van der Waals surface area contributed by atoms with Gasteiger partial charge < -0.3 is 15.0 Å². The zero-order valence-corrected chi connectivity index (χ0v) is 12.2. The van der Waals surface area contributed by atoms with Gasteiger partial charge in [0.15, 0.2) is 4.87 Å². The molecule has 1 aromatic rings. The molecule has 1 saturated heterocycles. The third-order valence-corrected chi connectivity index (χ3v) is 4.96. The average Bonchev–Trinajstić information content (AvgIpc) is 2.93. The highest BCUT2D eigenvalue weighted by molar-refractivity contribution is 8.02. The van der Waals surface area contributed by atoms with Gasteiger partial charge in [0.2, 0.25) is 5.91 Å². The summed E-state index contributed by atoms with van der Waals surface area (Å²) in [6, 6.07) is 7.22. The van der Waals surface area contributed by atoms with E-state index in [9.17, 15) is 14.4 Å². The Morgan fingerprint density at radius 1 is 1.43 bits per heavy atom. The zero-order chi connectivity index (χ0) is 15.0. The topological polar surface area (TPSA) is 75.7 Å². The van der Waals surface area contributed by atoms with Gasteiger partial charge >= 0.3 is 5.97 Å². The van der Waals surface area contributed by atoms with E-state index in [-0.39, 0.29) is 30.7 Å². The number of esters is 1. The van der Waals surface area contributed by atoms with Crippen LogP contribution in [0.4, 0.5) is 5.69 Å². The van der Waals surface area contributed by atoms with Gasteiger partial charge in [-0.25, -0.2) is 0 Å². The van der Waals surface area contributed by atoms with Gasteiger partial charge in [0.1, 0.15) is 6.54 Å². The molecule has 21 heavy (non-hydrogen) atoms. The van der Waals surface area contributed by atoms with Gasteiger partial charge in [0.25, 0.3) is 5.91 Å². The monoisotopic (exact) mass is 306 g/mol. The zero-order valence-electron chi connectivity index (χ0n) is 11.4. The van der Waals surface area contributed by atoms with Crippen LogP contribution < -0.4 is 5.32 Å². The molecule has 0 aliphatic carbocycles. The lowest BCUT2D eigenvalue weighted by Crippen LogP contribution is -2.49. The molecule has 110 valence electrons. The van der Waals surface area contributed by atoms with Gasteiger partial charge in [-0.05, 0) is 13.0 Å². The first kappa shape index (κ1) is 13.9. The number of amides is 2. The van der Waals surface area contributed by atoms with Gasteiger partial charge in [-0.2, -0.15) is 0 Å². The third-order valence-electron chi connectivity index (χ3n) is 3.53. The van der Waals surface area contributed by atoms with Crippen molar-refractivity contribution in [3.63, 3.8) is 0 Å². The molecule has 7 heteroatoms. The quantitative estimate of drug-likeness (QED) is 0.841. The van der Waals surface area contributed by atoms with Crippen molar-refractivity contribution in [1.29, 1.82) is 0 Å². The third kappa shape index (κ3) is 1.99. The van der Waals surface area contributed by atoms with Crippen LogP contribution in [0.1, 0.15) is 12.5 Å². The van der Waals surface area contributed by atoms with Crippen molar-refractivity contribution in [2.45, 2.75) is 11.8 Å². The first-order valence-corrected chi connectivity index (χ1v) is 7.59. The molecule has 2 aliphatic heterocycles. The molecule has 1 spiro atoms. The summed E-state index contributed by atoms with van der Waals surface area (Å²) >= 11 is 1.24. The first-order valence-electron chi connectivity index (χ1n) is 6.60. The summed E-state index contributed by atoms with van der Waals surface area (Å²) in [4.78, 5) is 36.5. The molecule has 6 nitrogen and oxygen atoms in total. The Kier molecular flexibility index (Phi) is 3.36. The molecule has 1 N–H and O–H groups in total. The predicted molar refractivity (Wildman–Crippen MR) is 77.6 cm³/mol. The molecule has 0 bridgehead atoms. The molecule has 2 amide bonds. The van der Waals surface area contributed by atoms with E-state index in [2.05, 4.69) is 5.32 Å². The maximum absolute atomic E-state index is 12.5. The van der Waals surface area contributed by atoms with Gasteiger partial charge in [-0.1, -0.05) is 18.2 Å². The number of benzene rings is 1. The number of thioether (sulfide) groups is 1. The van der Waals surface area contributed by atoms with Crippen LogP contribution in [0.3, 0.4) is 0 Å². The lowest BCUT2D eigenvalue weighted by molar-refractivity contribution is -0.151. The number of anilines is 1. The minimum Gasteiger partial charge on any atom is -0.465 e. The molecular formula is C14H14N2O4S.